The molecule has 0 aliphatic rings. The minimum atomic E-state index is 0.472. The van der Waals surface area contributed by atoms with Crippen LogP contribution < -0.4 is 9.47 Å². The van der Waals surface area contributed by atoms with Crippen molar-refractivity contribution in [2.75, 3.05) is 27.2 Å². The molecule has 4 rings (SSSR count). The van der Waals surface area contributed by atoms with Crippen LogP contribution in [-0.4, -0.2) is 46.5 Å². The summed E-state index contributed by atoms with van der Waals surface area (Å²) in [6, 6.07) is 14.1. The fourth-order valence-electron chi connectivity index (χ4n) is 3.34. The SMILES string of the molecule is CCN(C)CCc1cc(OC)c(Oc2nc(-c3cnc4ccccc4c3)ns2)cc1C. The largest absolute Gasteiger partial charge is 0.493 e. The molecule has 7 heteroatoms. The predicted octanol–water partition coefficient (Wildman–Crippen LogP) is 5.36. The molecule has 0 amide bonds. The summed E-state index contributed by atoms with van der Waals surface area (Å²) in [6.45, 7) is 6.29. The molecule has 31 heavy (non-hydrogen) atoms. The molecule has 0 aliphatic carbocycles. The lowest BCUT2D eigenvalue weighted by Gasteiger charge is -2.16. The van der Waals surface area contributed by atoms with Crippen molar-refractivity contribution in [2.45, 2.75) is 20.3 Å². The lowest BCUT2D eigenvalue weighted by molar-refractivity contribution is 0.355. The van der Waals surface area contributed by atoms with Gasteiger partial charge >= 0.3 is 0 Å². The normalized spacial score (nSPS) is 11.3. The molecule has 6 nitrogen and oxygen atoms in total. The number of aromatic nitrogens is 3. The Balaban J connectivity index is 1.55. The second kappa shape index (κ2) is 9.41. The third-order valence-electron chi connectivity index (χ3n) is 5.38. The molecule has 0 atom stereocenters. The van der Waals surface area contributed by atoms with E-state index >= 15 is 0 Å². The van der Waals surface area contributed by atoms with Crippen molar-refractivity contribution >= 4 is 22.4 Å². The summed E-state index contributed by atoms with van der Waals surface area (Å²) in [5.74, 6) is 1.95. The number of fused-ring (bicyclic) bond motifs is 1. The number of likely N-dealkylation sites (N-methyl/N-ethyl adjacent to an activating group) is 1. The number of methoxy groups -OCH3 is 1. The van der Waals surface area contributed by atoms with Gasteiger partial charge in [-0.15, -0.1) is 0 Å². The van der Waals surface area contributed by atoms with Crippen LogP contribution >= 0.6 is 11.5 Å². The van der Waals surface area contributed by atoms with Gasteiger partial charge in [0, 0.05) is 35.2 Å². The third kappa shape index (κ3) is 4.84. The summed E-state index contributed by atoms with van der Waals surface area (Å²) in [7, 11) is 3.79. The van der Waals surface area contributed by atoms with Gasteiger partial charge in [-0.2, -0.15) is 9.36 Å². The van der Waals surface area contributed by atoms with E-state index in [4.69, 9.17) is 9.47 Å². The summed E-state index contributed by atoms with van der Waals surface area (Å²) in [4.78, 5) is 11.4. The minimum Gasteiger partial charge on any atom is -0.493 e. The van der Waals surface area contributed by atoms with E-state index in [1.54, 1.807) is 13.3 Å². The fraction of sp³-hybridized carbons (Fsp3) is 0.292. The maximum absolute atomic E-state index is 6.06. The van der Waals surface area contributed by atoms with E-state index in [0.29, 0.717) is 22.5 Å². The highest BCUT2D eigenvalue weighted by Crippen LogP contribution is 2.36. The topological polar surface area (TPSA) is 60.4 Å². The molecule has 0 saturated heterocycles. The zero-order valence-electron chi connectivity index (χ0n) is 18.3. The number of hydrogen-bond acceptors (Lipinski definition) is 7. The Bertz CT molecular complexity index is 1190. The van der Waals surface area contributed by atoms with Gasteiger partial charge in [-0.3, -0.25) is 4.98 Å². The standard InChI is InChI=1S/C24H26N4O2S/c1-5-28(3)11-10-17-14-21(29-4)22(12-16(17)2)30-24-26-23(27-31-24)19-13-18-8-6-7-9-20(18)25-15-19/h6-9,12-15H,5,10-11H2,1-4H3. The first-order chi connectivity index (χ1) is 15.1. The smallest absolute Gasteiger partial charge is 0.299 e. The Morgan fingerprint density at radius 3 is 2.74 bits per heavy atom. The molecule has 0 radical (unpaired) electrons. The van der Waals surface area contributed by atoms with Crippen molar-refractivity contribution in [3.8, 4) is 28.1 Å². The van der Waals surface area contributed by atoms with Crippen LogP contribution in [0.15, 0.2) is 48.7 Å². The van der Waals surface area contributed by atoms with Crippen molar-refractivity contribution in [3.63, 3.8) is 0 Å². The van der Waals surface area contributed by atoms with Crippen LogP contribution in [-0.2, 0) is 6.42 Å². The number of benzene rings is 2. The molecule has 0 saturated carbocycles. The number of aryl methyl sites for hydroxylation is 1. The van der Waals surface area contributed by atoms with Crippen LogP contribution in [0.5, 0.6) is 16.7 Å². The molecule has 2 heterocycles. The van der Waals surface area contributed by atoms with Gasteiger partial charge in [0.15, 0.2) is 17.3 Å². The first-order valence-corrected chi connectivity index (χ1v) is 11.1. The first kappa shape index (κ1) is 21.2. The number of rotatable bonds is 8. The lowest BCUT2D eigenvalue weighted by Crippen LogP contribution is -2.20. The molecule has 160 valence electrons. The molecule has 0 spiro atoms. The highest BCUT2D eigenvalue weighted by atomic mass is 32.1. The van der Waals surface area contributed by atoms with Crippen molar-refractivity contribution in [1.82, 2.24) is 19.2 Å². The zero-order valence-corrected chi connectivity index (χ0v) is 19.1. The monoisotopic (exact) mass is 434 g/mol. The van der Waals surface area contributed by atoms with Crippen LogP contribution in [0.25, 0.3) is 22.3 Å². The van der Waals surface area contributed by atoms with Crippen molar-refractivity contribution < 1.29 is 9.47 Å². The van der Waals surface area contributed by atoms with E-state index in [0.717, 1.165) is 36.0 Å². The van der Waals surface area contributed by atoms with E-state index < -0.39 is 0 Å². The second-order valence-corrected chi connectivity index (χ2v) is 8.19. The van der Waals surface area contributed by atoms with Crippen molar-refractivity contribution in [2.24, 2.45) is 0 Å². The number of pyridine rings is 1. The van der Waals surface area contributed by atoms with Crippen LogP contribution in [0, 0.1) is 6.92 Å². The Kier molecular flexibility index (Phi) is 6.44. The zero-order chi connectivity index (χ0) is 21.8. The number of nitrogens with zero attached hydrogens (tertiary/aromatic N) is 4. The maximum atomic E-state index is 6.06. The molecule has 2 aromatic carbocycles. The molecule has 0 N–H and O–H groups in total. The Morgan fingerprint density at radius 2 is 1.94 bits per heavy atom. The van der Waals surface area contributed by atoms with Gasteiger partial charge in [0.1, 0.15) is 0 Å². The first-order valence-electron chi connectivity index (χ1n) is 10.3. The molecule has 0 bridgehead atoms. The summed E-state index contributed by atoms with van der Waals surface area (Å²) in [6.07, 6.45) is 2.76. The predicted molar refractivity (Wildman–Crippen MR) is 125 cm³/mol. The fourth-order valence-corrected chi connectivity index (χ4v) is 3.90. The molecule has 0 aliphatic heterocycles. The summed E-state index contributed by atoms with van der Waals surface area (Å²) in [5.41, 5.74) is 4.24. The van der Waals surface area contributed by atoms with E-state index in [1.807, 2.05) is 36.4 Å². The average molecular weight is 435 g/mol. The summed E-state index contributed by atoms with van der Waals surface area (Å²) in [5, 5.41) is 1.53. The Hall–Kier alpha value is -3.03. The third-order valence-corrected chi connectivity index (χ3v) is 5.97. The summed E-state index contributed by atoms with van der Waals surface area (Å²) < 4.78 is 16.1. The molecule has 4 aromatic rings. The van der Waals surface area contributed by atoms with E-state index in [-0.39, 0.29) is 0 Å². The molecular formula is C24H26N4O2S. The maximum Gasteiger partial charge on any atom is 0.299 e. The molecular weight excluding hydrogens is 408 g/mol. The highest BCUT2D eigenvalue weighted by Gasteiger charge is 2.15. The van der Waals surface area contributed by atoms with Gasteiger partial charge in [-0.1, -0.05) is 25.1 Å². The Morgan fingerprint density at radius 1 is 1.10 bits per heavy atom. The van der Waals surface area contributed by atoms with Gasteiger partial charge in [0.05, 0.1) is 12.6 Å². The summed E-state index contributed by atoms with van der Waals surface area (Å²) >= 11 is 1.22. The van der Waals surface area contributed by atoms with Crippen LogP contribution in [0.1, 0.15) is 18.1 Å². The highest BCUT2D eigenvalue weighted by molar-refractivity contribution is 7.07. The molecule has 0 unspecified atom stereocenters. The molecule has 2 aromatic heterocycles. The molecule has 0 fully saturated rings. The van der Waals surface area contributed by atoms with Crippen LogP contribution in [0.3, 0.4) is 0 Å². The van der Waals surface area contributed by atoms with Gasteiger partial charge in [-0.25, -0.2) is 0 Å². The van der Waals surface area contributed by atoms with Gasteiger partial charge in [0.25, 0.3) is 5.19 Å². The number of hydrogen-bond donors (Lipinski definition) is 0. The van der Waals surface area contributed by atoms with Crippen molar-refractivity contribution in [3.05, 3.63) is 59.8 Å². The second-order valence-electron chi connectivity index (χ2n) is 7.48. The quantitative estimate of drug-likeness (QED) is 0.372. The lowest BCUT2D eigenvalue weighted by atomic mass is 10.0. The van der Waals surface area contributed by atoms with E-state index in [2.05, 4.69) is 46.2 Å². The number of ether oxygens (including phenoxy) is 2. The van der Waals surface area contributed by atoms with E-state index in [9.17, 15) is 0 Å². The average Bonchev–Trinajstić information content (AvgIpc) is 3.26. The van der Waals surface area contributed by atoms with Crippen molar-refractivity contribution in [1.29, 1.82) is 0 Å². The van der Waals surface area contributed by atoms with E-state index in [1.165, 1.54) is 22.7 Å². The van der Waals surface area contributed by atoms with Gasteiger partial charge < -0.3 is 14.4 Å². The van der Waals surface area contributed by atoms with Crippen LogP contribution in [0.4, 0.5) is 0 Å². The van der Waals surface area contributed by atoms with Crippen LogP contribution in [0.2, 0.25) is 0 Å². The van der Waals surface area contributed by atoms with Gasteiger partial charge in [0.2, 0.25) is 0 Å². The Labute approximate surface area is 186 Å². The number of para-hydroxylation sites is 1. The van der Waals surface area contributed by atoms with Gasteiger partial charge in [-0.05, 0) is 62.3 Å². The minimum absolute atomic E-state index is 0.472.